The van der Waals surface area contributed by atoms with Gasteiger partial charge in [0.25, 0.3) is 0 Å². The topological polar surface area (TPSA) is 35.5 Å². The Morgan fingerprint density at radius 2 is 1.72 bits per heavy atom. The molecule has 5 heteroatoms. The van der Waals surface area contributed by atoms with Crippen molar-refractivity contribution in [1.29, 1.82) is 0 Å². The van der Waals surface area contributed by atoms with Gasteiger partial charge in [0.1, 0.15) is 0 Å². The van der Waals surface area contributed by atoms with E-state index in [-0.39, 0.29) is 0 Å². The predicted molar refractivity (Wildman–Crippen MR) is 72.6 cm³/mol. The molecule has 1 aliphatic heterocycles. The number of carbonyl (C=O) groups is 1. The lowest BCUT2D eigenvalue weighted by molar-refractivity contribution is 0.00578. The monoisotopic (exact) mass is 266 g/mol. The molecular weight excluding hydrogens is 250 g/mol. The van der Waals surface area contributed by atoms with Gasteiger partial charge in [0.2, 0.25) is 0 Å². The van der Waals surface area contributed by atoms with Crippen molar-refractivity contribution in [2.24, 2.45) is 0 Å². The highest BCUT2D eigenvalue weighted by atomic mass is 35.5. The van der Waals surface area contributed by atoms with Crippen LogP contribution in [0.1, 0.15) is 38.1 Å². The van der Waals surface area contributed by atoms with Gasteiger partial charge in [-0.15, -0.1) is 0 Å². The molecule has 0 spiro atoms. The maximum Gasteiger partial charge on any atom is 0.494 e. The van der Waals surface area contributed by atoms with Crippen LogP contribution in [0.25, 0.3) is 0 Å². The predicted octanol–water partition coefficient (Wildman–Crippen LogP) is 2.45. The van der Waals surface area contributed by atoms with E-state index in [1.165, 1.54) is 0 Å². The van der Waals surface area contributed by atoms with Gasteiger partial charge in [-0.05, 0) is 39.2 Å². The normalized spacial score (nSPS) is 21.1. The maximum atomic E-state index is 10.9. The lowest BCUT2D eigenvalue weighted by Crippen LogP contribution is -2.41. The second-order valence-corrected chi connectivity index (χ2v) is 5.89. The lowest BCUT2D eigenvalue weighted by atomic mass is 9.78. The number of benzene rings is 1. The summed E-state index contributed by atoms with van der Waals surface area (Å²) in [5.74, 6) is 0. The fraction of sp³-hybridized carbons (Fsp3) is 0.462. The lowest BCUT2D eigenvalue weighted by Gasteiger charge is -2.32. The van der Waals surface area contributed by atoms with Crippen LogP contribution in [0.15, 0.2) is 18.2 Å². The summed E-state index contributed by atoms with van der Waals surface area (Å²) in [5, 5.41) is 0.435. The molecule has 96 valence electrons. The number of carbonyl (C=O) groups excluding carboxylic acids is 1. The van der Waals surface area contributed by atoms with Crippen LogP contribution in [0.3, 0.4) is 0 Å². The Labute approximate surface area is 113 Å². The van der Waals surface area contributed by atoms with Crippen LogP contribution in [-0.4, -0.2) is 24.6 Å². The molecule has 2 rings (SSSR count). The van der Waals surface area contributed by atoms with Crippen LogP contribution < -0.4 is 5.46 Å². The number of rotatable bonds is 2. The average molecular weight is 267 g/mol. The first kappa shape index (κ1) is 13.6. The van der Waals surface area contributed by atoms with Crippen molar-refractivity contribution in [3.05, 3.63) is 28.8 Å². The van der Waals surface area contributed by atoms with Gasteiger partial charge in [-0.25, -0.2) is 0 Å². The van der Waals surface area contributed by atoms with Crippen LogP contribution in [0.4, 0.5) is 0 Å². The van der Waals surface area contributed by atoms with E-state index < -0.39 is 18.3 Å². The summed E-state index contributed by atoms with van der Waals surface area (Å²) >= 11 is 5.90. The Morgan fingerprint density at radius 3 is 2.22 bits per heavy atom. The molecule has 0 atom stereocenters. The molecule has 1 heterocycles. The standard InChI is InChI=1S/C13H16BClO3/c1-12(2)13(3,4)18-14(17-12)10-5-6-11(15)9(7-10)8-16/h5-8H,1-4H3. The number of halogens is 1. The minimum absolute atomic E-state index is 0.390. The van der Waals surface area contributed by atoms with Gasteiger partial charge in [-0.1, -0.05) is 23.7 Å². The second-order valence-electron chi connectivity index (χ2n) is 5.49. The molecular formula is C13H16BClO3. The molecule has 0 N–H and O–H groups in total. The molecule has 0 unspecified atom stereocenters. The van der Waals surface area contributed by atoms with Crippen molar-refractivity contribution in [1.82, 2.24) is 0 Å². The molecule has 0 saturated carbocycles. The molecule has 1 fully saturated rings. The van der Waals surface area contributed by atoms with Crippen LogP contribution in [-0.2, 0) is 9.31 Å². The number of aldehydes is 1. The molecule has 1 aromatic rings. The smallest absolute Gasteiger partial charge is 0.399 e. The fourth-order valence-corrected chi connectivity index (χ4v) is 1.94. The first-order valence-electron chi connectivity index (χ1n) is 5.87. The Morgan fingerprint density at radius 1 is 1.17 bits per heavy atom. The third-order valence-corrected chi connectivity index (χ3v) is 4.02. The summed E-state index contributed by atoms with van der Waals surface area (Å²) in [5.41, 5.74) is 0.473. The van der Waals surface area contributed by atoms with Crippen LogP contribution >= 0.6 is 11.6 Å². The van der Waals surface area contributed by atoms with Gasteiger partial charge in [0.05, 0.1) is 16.2 Å². The summed E-state index contributed by atoms with van der Waals surface area (Å²) in [6, 6.07) is 5.21. The highest BCUT2D eigenvalue weighted by molar-refractivity contribution is 6.62. The molecule has 1 aromatic carbocycles. The van der Waals surface area contributed by atoms with E-state index in [1.54, 1.807) is 12.1 Å². The van der Waals surface area contributed by atoms with Crippen molar-refractivity contribution < 1.29 is 14.1 Å². The quantitative estimate of drug-likeness (QED) is 0.609. The minimum Gasteiger partial charge on any atom is -0.399 e. The van der Waals surface area contributed by atoms with Crippen molar-refractivity contribution >= 4 is 30.5 Å². The van der Waals surface area contributed by atoms with E-state index in [2.05, 4.69) is 0 Å². The van der Waals surface area contributed by atoms with E-state index in [9.17, 15) is 4.79 Å². The van der Waals surface area contributed by atoms with Gasteiger partial charge in [-0.3, -0.25) is 4.79 Å². The first-order valence-corrected chi connectivity index (χ1v) is 6.25. The molecule has 0 aliphatic carbocycles. The number of hydrogen-bond donors (Lipinski definition) is 0. The van der Waals surface area contributed by atoms with E-state index >= 15 is 0 Å². The van der Waals surface area contributed by atoms with Crippen molar-refractivity contribution in [2.75, 3.05) is 0 Å². The Bertz CT molecular complexity index is 469. The minimum atomic E-state index is -0.467. The summed E-state index contributed by atoms with van der Waals surface area (Å²) in [7, 11) is -0.467. The Hall–Kier alpha value is -0.835. The second kappa shape index (κ2) is 4.37. The fourth-order valence-electron chi connectivity index (χ4n) is 1.78. The molecule has 0 aromatic heterocycles. The van der Waals surface area contributed by atoms with Crippen LogP contribution in [0.2, 0.25) is 5.02 Å². The third kappa shape index (κ3) is 2.20. The van der Waals surface area contributed by atoms with Gasteiger partial charge in [0.15, 0.2) is 6.29 Å². The molecule has 1 aliphatic rings. The Balaban J connectivity index is 2.32. The van der Waals surface area contributed by atoms with E-state index in [1.807, 2.05) is 33.8 Å². The summed E-state index contributed by atoms with van der Waals surface area (Å²) in [6.07, 6.45) is 0.733. The summed E-state index contributed by atoms with van der Waals surface area (Å²) in [6.45, 7) is 7.96. The highest BCUT2D eigenvalue weighted by Gasteiger charge is 2.51. The molecule has 3 nitrogen and oxygen atoms in total. The van der Waals surface area contributed by atoms with E-state index in [0.717, 1.165) is 11.7 Å². The van der Waals surface area contributed by atoms with Crippen molar-refractivity contribution in [2.45, 2.75) is 38.9 Å². The zero-order valence-corrected chi connectivity index (χ0v) is 11.7. The van der Waals surface area contributed by atoms with Crippen LogP contribution in [0, 0.1) is 0 Å². The summed E-state index contributed by atoms with van der Waals surface area (Å²) in [4.78, 5) is 10.9. The molecule has 0 amide bonds. The zero-order chi connectivity index (χ0) is 13.6. The average Bonchev–Trinajstić information content (AvgIpc) is 2.49. The molecule has 1 saturated heterocycles. The Kier molecular flexibility index (Phi) is 3.30. The maximum absolute atomic E-state index is 10.9. The molecule has 18 heavy (non-hydrogen) atoms. The van der Waals surface area contributed by atoms with Gasteiger partial charge >= 0.3 is 7.12 Å². The van der Waals surface area contributed by atoms with E-state index in [4.69, 9.17) is 20.9 Å². The molecule has 0 bridgehead atoms. The van der Waals surface area contributed by atoms with Crippen molar-refractivity contribution in [3.8, 4) is 0 Å². The largest absolute Gasteiger partial charge is 0.494 e. The van der Waals surface area contributed by atoms with Gasteiger partial charge in [0, 0.05) is 5.56 Å². The van der Waals surface area contributed by atoms with Crippen molar-refractivity contribution in [3.63, 3.8) is 0 Å². The first-order chi connectivity index (χ1) is 8.27. The van der Waals surface area contributed by atoms with Crippen LogP contribution in [0.5, 0.6) is 0 Å². The summed E-state index contributed by atoms with van der Waals surface area (Å²) < 4.78 is 11.8. The molecule has 0 radical (unpaired) electrons. The SMILES string of the molecule is CC1(C)OB(c2ccc(Cl)c(C=O)c2)OC1(C)C. The van der Waals surface area contributed by atoms with E-state index in [0.29, 0.717) is 10.6 Å². The van der Waals surface area contributed by atoms with Gasteiger partial charge in [-0.2, -0.15) is 0 Å². The zero-order valence-electron chi connectivity index (χ0n) is 11.0. The van der Waals surface area contributed by atoms with Gasteiger partial charge < -0.3 is 9.31 Å². The highest BCUT2D eigenvalue weighted by Crippen LogP contribution is 2.36. The third-order valence-electron chi connectivity index (χ3n) is 3.67. The number of hydrogen-bond acceptors (Lipinski definition) is 3.